The van der Waals surface area contributed by atoms with Crippen LogP contribution in [0.1, 0.15) is 17.4 Å². The minimum absolute atomic E-state index is 0.0346. The number of rotatable bonds is 5. The number of aliphatic hydroxyl groups is 1. The molecule has 0 spiro atoms. The quantitative estimate of drug-likeness (QED) is 0.509. The molecule has 5 nitrogen and oxygen atoms in total. The van der Waals surface area contributed by atoms with Crippen molar-refractivity contribution >= 4 is 5.69 Å². The molecule has 5 heteroatoms. The van der Waals surface area contributed by atoms with Crippen molar-refractivity contribution < 1.29 is 14.8 Å². The molecule has 2 aromatic carbocycles. The third-order valence-corrected chi connectivity index (χ3v) is 2.64. The van der Waals surface area contributed by atoms with E-state index in [9.17, 15) is 15.2 Å². The molecule has 0 aliphatic carbocycles. The smallest absolute Gasteiger partial charge is 0.269 e. The van der Waals surface area contributed by atoms with Crippen LogP contribution in [0.3, 0.4) is 0 Å². The molecule has 2 aromatic rings. The van der Waals surface area contributed by atoms with Gasteiger partial charge in [-0.2, -0.15) is 0 Å². The summed E-state index contributed by atoms with van der Waals surface area (Å²) >= 11 is 0. The summed E-state index contributed by atoms with van der Waals surface area (Å²) < 4.78 is 5.30. The van der Waals surface area contributed by atoms with E-state index in [1.54, 1.807) is 24.3 Å². The highest BCUT2D eigenvalue weighted by Gasteiger charge is 2.08. The van der Waals surface area contributed by atoms with E-state index in [0.29, 0.717) is 5.56 Å². The average Bonchev–Trinajstić information content (AvgIpc) is 2.46. The normalized spacial score (nSPS) is 12.1. The molecule has 1 unspecified atom stereocenters. The number of ether oxygens (including phenoxy) is 1. The third kappa shape index (κ3) is 3.61. The summed E-state index contributed by atoms with van der Waals surface area (Å²) in [5.74, 6) is 0. The fourth-order valence-corrected chi connectivity index (χ4v) is 1.60. The Bertz CT molecular complexity index is 539. The van der Waals surface area contributed by atoms with Crippen molar-refractivity contribution in [2.24, 2.45) is 0 Å². The van der Waals surface area contributed by atoms with Crippen LogP contribution in [0.25, 0.3) is 0 Å². The van der Waals surface area contributed by atoms with E-state index in [1.165, 1.54) is 12.1 Å². The highest BCUT2D eigenvalue weighted by molar-refractivity contribution is 5.32. The molecule has 0 heterocycles. The largest absolute Gasteiger partial charge is 0.364 e. The Labute approximate surface area is 110 Å². The van der Waals surface area contributed by atoms with Gasteiger partial charge in [-0.1, -0.05) is 30.3 Å². The number of nitro groups is 1. The SMILES string of the molecule is O=[N+]([O-])c1ccc(COC(O)c2ccccc2)cc1. The van der Waals surface area contributed by atoms with Crippen molar-refractivity contribution in [3.63, 3.8) is 0 Å². The first-order valence-corrected chi connectivity index (χ1v) is 5.75. The first kappa shape index (κ1) is 13.2. The molecule has 19 heavy (non-hydrogen) atoms. The summed E-state index contributed by atoms with van der Waals surface area (Å²) in [7, 11) is 0. The fraction of sp³-hybridized carbons (Fsp3) is 0.143. The Morgan fingerprint density at radius 2 is 1.74 bits per heavy atom. The molecule has 0 bridgehead atoms. The van der Waals surface area contributed by atoms with Crippen molar-refractivity contribution in [3.8, 4) is 0 Å². The average molecular weight is 259 g/mol. The maximum Gasteiger partial charge on any atom is 0.269 e. The number of aliphatic hydroxyl groups excluding tert-OH is 1. The van der Waals surface area contributed by atoms with Crippen LogP contribution in [0.2, 0.25) is 0 Å². The predicted molar refractivity (Wildman–Crippen MR) is 69.3 cm³/mol. The molecule has 0 fully saturated rings. The van der Waals surface area contributed by atoms with E-state index in [4.69, 9.17) is 4.74 Å². The summed E-state index contributed by atoms with van der Waals surface area (Å²) in [6.45, 7) is 0.189. The van der Waals surface area contributed by atoms with Gasteiger partial charge in [0.25, 0.3) is 5.69 Å². The summed E-state index contributed by atoms with van der Waals surface area (Å²) in [5.41, 5.74) is 1.47. The predicted octanol–water partition coefficient (Wildman–Crippen LogP) is 2.80. The maximum absolute atomic E-state index is 10.5. The van der Waals surface area contributed by atoms with Gasteiger partial charge in [-0.3, -0.25) is 10.1 Å². The zero-order valence-corrected chi connectivity index (χ0v) is 10.1. The van der Waals surface area contributed by atoms with Crippen molar-refractivity contribution in [1.82, 2.24) is 0 Å². The molecule has 2 rings (SSSR count). The maximum atomic E-state index is 10.5. The van der Waals surface area contributed by atoms with Gasteiger partial charge in [0.15, 0.2) is 6.29 Å². The molecule has 0 radical (unpaired) electrons. The molecule has 0 amide bonds. The minimum atomic E-state index is -1.00. The second kappa shape index (κ2) is 6.08. The lowest BCUT2D eigenvalue weighted by atomic mass is 10.2. The topological polar surface area (TPSA) is 72.6 Å². The van der Waals surface area contributed by atoms with Crippen LogP contribution in [0, 0.1) is 10.1 Å². The van der Waals surface area contributed by atoms with E-state index in [0.717, 1.165) is 5.56 Å². The zero-order chi connectivity index (χ0) is 13.7. The van der Waals surface area contributed by atoms with E-state index >= 15 is 0 Å². The highest BCUT2D eigenvalue weighted by Crippen LogP contribution is 2.17. The summed E-state index contributed by atoms with van der Waals surface area (Å²) in [6.07, 6.45) is -1.00. The lowest BCUT2D eigenvalue weighted by Gasteiger charge is -2.12. The van der Waals surface area contributed by atoms with Crippen LogP contribution in [0.15, 0.2) is 54.6 Å². The first-order chi connectivity index (χ1) is 9.16. The molecule has 98 valence electrons. The van der Waals surface area contributed by atoms with Gasteiger partial charge in [-0.25, -0.2) is 0 Å². The van der Waals surface area contributed by atoms with Gasteiger partial charge in [0.2, 0.25) is 0 Å². The van der Waals surface area contributed by atoms with Crippen molar-refractivity contribution in [1.29, 1.82) is 0 Å². The van der Waals surface area contributed by atoms with Gasteiger partial charge in [0.1, 0.15) is 0 Å². The van der Waals surface area contributed by atoms with Gasteiger partial charge in [-0.05, 0) is 17.7 Å². The molecule has 1 atom stereocenters. The lowest BCUT2D eigenvalue weighted by Crippen LogP contribution is -2.03. The molecular formula is C14H13NO4. The first-order valence-electron chi connectivity index (χ1n) is 5.75. The van der Waals surface area contributed by atoms with Crippen LogP contribution in [0.4, 0.5) is 5.69 Å². The van der Waals surface area contributed by atoms with E-state index < -0.39 is 11.2 Å². The highest BCUT2D eigenvalue weighted by atomic mass is 16.6. The number of non-ortho nitro benzene ring substituents is 1. The van der Waals surface area contributed by atoms with Crippen molar-refractivity contribution in [2.45, 2.75) is 12.9 Å². The monoisotopic (exact) mass is 259 g/mol. The summed E-state index contributed by atoms with van der Waals surface area (Å²) in [4.78, 5) is 10.0. The Morgan fingerprint density at radius 1 is 1.11 bits per heavy atom. The number of nitro benzene ring substituents is 1. The van der Waals surface area contributed by atoms with Gasteiger partial charge in [0, 0.05) is 17.7 Å². The Balaban J connectivity index is 1.93. The fourth-order valence-electron chi connectivity index (χ4n) is 1.60. The number of hydrogen-bond donors (Lipinski definition) is 1. The van der Waals surface area contributed by atoms with Gasteiger partial charge >= 0.3 is 0 Å². The molecule has 0 saturated heterocycles. The zero-order valence-electron chi connectivity index (χ0n) is 10.1. The van der Waals surface area contributed by atoms with Crippen LogP contribution in [-0.2, 0) is 11.3 Å². The van der Waals surface area contributed by atoms with Crippen LogP contribution in [-0.4, -0.2) is 10.0 Å². The summed E-state index contributed by atoms with van der Waals surface area (Å²) in [5, 5.41) is 20.3. The van der Waals surface area contributed by atoms with Crippen LogP contribution in [0.5, 0.6) is 0 Å². The minimum Gasteiger partial charge on any atom is -0.364 e. The molecule has 0 aliphatic rings. The van der Waals surface area contributed by atoms with Gasteiger partial charge < -0.3 is 9.84 Å². The molecule has 0 saturated carbocycles. The lowest BCUT2D eigenvalue weighted by molar-refractivity contribution is -0.384. The second-order valence-corrected chi connectivity index (χ2v) is 4.00. The summed E-state index contributed by atoms with van der Waals surface area (Å²) in [6, 6.07) is 15.0. The number of benzene rings is 2. The Morgan fingerprint density at radius 3 is 2.32 bits per heavy atom. The van der Waals surface area contributed by atoms with Crippen LogP contribution < -0.4 is 0 Å². The number of hydrogen-bond acceptors (Lipinski definition) is 4. The van der Waals surface area contributed by atoms with Gasteiger partial charge in [0.05, 0.1) is 11.5 Å². The van der Waals surface area contributed by atoms with Crippen LogP contribution >= 0.6 is 0 Å². The van der Waals surface area contributed by atoms with Gasteiger partial charge in [-0.15, -0.1) is 0 Å². The third-order valence-electron chi connectivity index (χ3n) is 2.64. The van der Waals surface area contributed by atoms with Crippen molar-refractivity contribution in [2.75, 3.05) is 0 Å². The van der Waals surface area contributed by atoms with E-state index in [2.05, 4.69) is 0 Å². The Hall–Kier alpha value is -2.24. The standard InChI is InChI=1S/C14H13NO4/c16-14(12-4-2-1-3-5-12)19-10-11-6-8-13(9-7-11)15(17)18/h1-9,14,16H,10H2. The molecule has 1 N–H and O–H groups in total. The van der Waals surface area contributed by atoms with Crippen molar-refractivity contribution in [3.05, 3.63) is 75.8 Å². The van der Waals surface area contributed by atoms with E-state index in [-0.39, 0.29) is 12.3 Å². The second-order valence-electron chi connectivity index (χ2n) is 4.00. The molecule has 0 aromatic heterocycles. The number of nitrogens with zero attached hydrogens (tertiary/aromatic N) is 1. The Kier molecular flexibility index (Phi) is 4.22. The van der Waals surface area contributed by atoms with E-state index in [1.807, 2.05) is 18.2 Å². The molecule has 0 aliphatic heterocycles. The molecular weight excluding hydrogens is 246 g/mol.